The number of hydrogen-bond donors (Lipinski definition) is 6. The van der Waals surface area contributed by atoms with Crippen LogP contribution in [0.1, 0.15) is 84.0 Å². The molecule has 0 rings (SSSR count). The van der Waals surface area contributed by atoms with E-state index < -0.39 is 60.3 Å². The number of carbonyl (C=O) groups is 6. The first-order valence-corrected chi connectivity index (χ1v) is 14.5. The number of thioether (sulfide) groups is 1. The third-order valence-corrected chi connectivity index (χ3v) is 7.16. The van der Waals surface area contributed by atoms with E-state index in [9.17, 15) is 33.9 Å². The number of nitrogens with one attached hydrogen (secondary N) is 1. The van der Waals surface area contributed by atoms with Crippen LogP contribution >= 0.6 is 11.8 Å². The van der Waals surface area contributed by atoms with Crippen molar-refractivity contribution in [3.05, 3.63) is 0 Å². The molecule has 3 amide bonds. The third kappa shape index (κ3) is 16.6. The molecule has 0 unspecified atom stereocenters. The zero-order chi connectivity index (χ0) is 29.8. The smallest absolute Gasteiger partial charge is 0.326 e. The fourth-order valence-corrected chi connectivity index (χ4v) is 4.95. The third-order valence-electron chi connectivity index (χ3n) is 6.01. The largest absolute Gasteiger partial charge is 0.480 e. The molecule has 0 aliphatic rings. The standard InChI is InChI=1S/C25H44N4O9S/c1-2-3-4-5-6-7-8-9-10-11-21(31)29(18(25(37)38)12-13-20(27)30)19(23(34)28-14-22(32)33)16-39-15-17(26)24(35)36/h17-19H,2-16,26H2,1H3,(H2,27,30)(H,28,34)(H,32,33)(H,35,36)(H,37,38)/t17-,18+,19+/m0/s1. The van der Waals surface area contributed by atoms with Crippen molar-refractivity contribution in [1.82, 2.24) is 10.2 Å². The van der Waals surface area contributed by atoms with E-state index in [2.05, 4.69) is 12.2 Å². The second kappa shape index (κ2) is 21.0. The van der Waals surface area contributed by atoms with Gasteiger partial charge in [-0.25, -0.2) is 4.79 Å². The molecule has 0 spiro atoms. The van der Waals surface area contributed by atoms with E-state index in [-0.39, 0.29) is 30.8 Å². The van der Waals surface area contributed by atoms with Crippen molar-refractivity contribution in [2.24, 2.45) is 11.5 Å². The Bertz CT molecular complexity index is 812. The minimum atomic E-state index is -1.59. The lowest BCUT2D eigenvalue weighted by Gasteiger charge is -2.35. The number of nitrogens with two attached hydrogens (primary N) is 2. The van der Waals surface area contributed by atoms with Crippen LogP contribution in [0, 0.1) is 0 Å². The highest BCUT2D eigenvalue weighted by atomic mass is 32.2. The van der Waals surface area contributed by atoms with Gasteiger partial charge in [0.05, 0.1) is 0 Å². The summed E-state index contributed by atoms with van der Waals surface area (Å²) in [4.78, 5) is 72.8. The number of nitrogens with zero attached hydrogens (tertiary/aromatic N) is 1. The summed E-state index contributed by atoms with van der Waals surface area (Å²) >= 11 is 0.910. The summed E-state index contributed by atoms with van der Waals surface area (Å²) in [6.07, 6.45) is 8.11. The van der Waals surface area contributed by atoms with Crippen LogP contribution in [0.3, 0.4) is 0 Å². The topological polar surface area (TPSA) is 230 Å². The number of carbonyl (C=O) groups excluding carboxylic acids is 3. The molecule has 0 heterocycles. The maximum absolute atomic E-state index is 13.4. The molecule has 0 aliphatic carbocycles. The molecule has 0 radical (unpaired) electrons. The van der Waals surface area contributed by atoms with E-state index in [1.807, 2.05) is 0 Å². The number of primary amides is 1. The normalized spacial score (nSPS) is 13.2. The molecule has 14 heteroatoms. The Morgan fingerprint density at radius 2 is 1.36 bits per heavy atom. The van der Waals surface area contributed by atoms with Crippen LogP contribution in [0.2, 0.25) is 0 Å². The molecule has 0 saturated heterocycles. The Balaban J connectivity index is 5.69. The van der Waals surface area contributed by atoms with Crippen LogP contribution in [0.25, 0.3) is 0 Å². The Kier molecular flexibility index (Phi) is 19.5. The molecule has 8 N–H and O–H groups in total. The van der Waals surface area contributed by atoms with Crippen LogP contribution in [-0.2, 0) is 28.8 Å². The molecule has 13 nitrogen and oxygen atoms in total. The van der Waals surface area contributed by atoms with Crippen molar-refractivity contribution in [1.29, 1.82) is 0 Å². The zero-order valence-electron chi connectivity index (χ0n) is 22.6. The van der Waals surface area contributed by atoms with E-state index in [4.69, 9.17) is 21.7 Å². The number of carboxylic acid groups (broad SMARTS) is 3. The molecule has 0 aromatic heterocycles. The molecule has 39 heavy (non-hydrogen) atoms. The van der Waals surface area contributed by atoms with Crippen LogP contribution in [0.15, 0.2) is 0 Å². The van der Waals surface area contributed by atoms with Gasteiger partial charge in [-0.05, 0) is 12.8 Å². The van der Waals surface area contributed by atoms with E-state index >= 15 is 0 Å². The lowest BCUT2D eigenvalue weighted by molar-refractivity contribution is -0.155. The fourth-order valence-electron chi connectivity index (χ4n) is 3.88. The predicted octanol–water partition coefficient (Wildman–Crippen LogP) is 1.17. The van der Waals surface area contributed by atoms with Gasteiger partial charge in [-0.2, -0.15) is 11.8 Å². The Labute approximate surface area is 233 Å². The highest BCUT2D eigenvalue weighted by molar-refractivity contribution is 7.99. The van der Waals surface area contributed by atoms with Gasteiger partial charge in [0.1, 0.15) is 24.7 Å². The molecule has 0 fully saturated rings. The molecular formula is C25H44N4O9S. The van der Waals surface area contributed by atoms with Gasteiger partial charge in [-0.3, -0.25) is 24.0 Å². The Hall–Kier alpha value is -2.87. The minimum Gasteiger partial charge on any atom is -0.480 e. The van der Waals surface area contributed by atoms with E-state index in [1.54, 1.807) is 0 Å². The summed E-state index contributed by atoms with van der Waals surface area (Å²) in [7, 11) is 0. The quantitative estimate of drug-likeness (QED) is 0.0893. The second-order valence-electron chi connectivity index (χ2n) is 9.35. The van der Waals surface area contributed by atoms with Gasteiger partial charge in [-0.1, -0.05) is 58.3 Å². The lowest BCUT2D eigenvalue weighted by atomic mass is 10.0. The highest BCUT2D eigenvalue weighted by Crippen LogP contribution is 2.20. The average molecular weight is 577 g/mol. The molecule has 3 atom stereocenters. The van der Waals surface area contributed by atoms with Crippen molar-refractivity contribution in [3.8, 4) is 0 Å². The Morgan fingerprint density at radius 3 is 1.85 bits per heavy atom. The first-order valence-electron chi connectivity index (χ1n) is 13.3. The second-order valence-corrected chi connectivity index (χ2v) is 10.4. The van der Waals surface area contributed by atoms with Crippen LogP contribution < -0.4 is 16.8 Å². The summed E-state index contributed by atoms with van der Waals surface area (Å²) in [5, 5.41) is 30.0. The molecule has 0 aromatic carbocycles. The number of amides is 3. The van der Waals surface area contributed by atoms with Gasteiger partial charge in [0.25, 0.3) is 0 Å². The van der Waals surface area contributed by atoms with Crippen molar-refractivity contribution < 1.29 is 44.1 Å². The average Bonchev–Trinajstić information content (AvgIpc) is 2.86. The number of unbranched alkanes of at least 4 members (excludes halogenated alkanes) is 8. The van der Waals surface area contributed by atoms with Gasteiger partial charge in [-0.15, -0.1) is 0 Å². The van der Waals surface area contributed by atoms with Crippen LogP contribution in [-0.4, -0.2) is 92.0 Å². The van der Waals surface area contributed by atoms with Gasteiger partial charge in [0.2, 0.25) is 17.7 Å². The van der Waals surface area contributed by atoms with Gasteiger partial charge >= 0.3 is 17.9 Å². The summed E-state index contributed by atoms with van der Waals surface area (Å²) in [5.41, 5.74) is 10.7. The summed E-state index contributed by atoms with van der Waals surface area (Å²) < 4.78 is 0. The van der Waals surface area contributed by atoms with Crippen LogP contribution in [0.4, 0.5) is 0 Å². The van der Waals surface area contributed by atoms with E-state index in [0.717, 1.165) is 55.2 Å². The number of carboxylic acids is 3. The van der Waals surface area contributed by atoms with Crippen LogP contribution in [0.5, 0.6) is 0 Å². The summed E-state index contributed by atoms with van der Waals surface area (Å²) in [5.74, 6) is -6.82. The molecular weight excluding hydrogens is 532 g/mol. The fraction of sp³-hybridized carbons (Fsp3) is 0.760. The number of rotatable bonds is 24. The SMILES string of the molecule is CCCCCCCCCCCC(=O)N([C@H](CCC(N)=O)C(=O)O)[C@H](CSC[C@H](N)C(=O)O)C(=O)NCC(=O)O. The summed E-state index contributed by atoms with van der Waals surface area (Å²) in [6, 6.07) is -4.30. The maximum Gasteiger partial charge on any atom is 0.326 e. The molecule has 0 saturated carbocycles. The lowest BCUT2D eigenvalue weighted by Crippen LogP contribution is -2.58. The van der Waals surface area contributed by atoms with Gasteiger partial charge in [0, 0.05) is 24.3 Å². The van der Waals surface area contributed by atoms with Crippen molar-refractivity contribution in [3.63, 3.8) is 0 Å². The zero-order valence-corrected chi connectivity index (χ0v) is 23.5. The monoisotopic (exact) mass is 576 g/mol. The number of aliphatic carboxylic acids is 3. The Morgan fingerprint density at radius 1 is 0.795 bits per heavy atom. The van der Waals surface area contributed by atoms with E-state index in [0.29, 0.717) is 6.42 Å². The molecule has 224 valence electrons. The van der Waals surface area contributed by atoms with E-state index in [1.165, 1.54) is 12.8 Å². The molecule has 0 aromatic rings. The highest BCUT2D eigenvalue weighted by Gasteiger charge is 2.38. The summed E-state index contributed by atoms with van der Waals surface area (Å²) in [6.45, 7) is 1.38. The van der Waals surface area contributed by atoms with Gasteiger partial charge in [0.15, 0.2) is 0 Å². The molecule has 0 aliphatic heterocycles. The van der Waals surface area contributed by atoms with Crippen molar-refractivity contribution >= 4 is 47.4 Å². The first-order chi connectivity index (χ1) is 18.4. The maximum atomic E-state index is 13.4. The van der Waals surface area contributed by atoms with Crippen molar-refractivity contribution in [2.45, 2.75) is 102 Å². The molecule has 0 bridgehead atoms. The van der Waals surface area contributed by atoms with Crippen molar-refractivity contribution in [2.75, 3.05) is 18.1 Å². The predicted molar refractivity (Wildman–Crippen MR) is 146 cm³/mol. The minimum absolute atomic E-state index is 0.0573. The number of hydrogen-bond acceptors (Lipinski definition) is 8. The first kappa shape index (κ1) is 36.1. The van der Waals surface area contributed by atoms with Gasteiger partial charge < -0.3 is 37.0 Å².